The Morgan fingerprint density at radius 1 is 1.58 bits per heavy atom. The quantitative estimate of drug-likeness (QED) is 0.501. The zero-order valence-electron chi connectivity index (χ0n) is 10.4. The summed E-state index contributed by atoms with van der Waals surface area (Å²) < 4.78 is 6.52. The van der Waals surface area contributed by atoms with E-state index in [1.807, 2.05) is 24.3 Å². The molecule has 0 aromatic heterocycles. The Bertz CT molecular complexity index is 461. The molecule has 1 fully saturated rings. The van der Waals surface area contributed by atoms with Gasteiger partial charge in [-0.25, -0.2) is 0 Å². The lowest BCUT2D eigenvalue weighted by atomic mass is 10.2. The summed E-state index contributed by atoms with van der Waals surface area (Å²) in [6, 6.07) is 7.88. The first kappa shape index (κ1) is 14.4. The Morgan fingerprint density at radius 2 is 2.47 bits per heavy atom. The number of halogens is 1. The van der Waals surface area contributed by atoms with Gasteiger partial charge in [-0.05, 0) is 42.8 Å². The van der Waals surface area contributed by atoms with Gasteiger partial charge >= 0.3 is 0 Å². The molecule has 1 unspecified atom stereocenters. The van der Waals surface area contributed by atoms with Crippen LogP contribution in [-0.2, 0) is 4.74 Å². The topological polar surface area (TPSA) is 45.6 Å². The van der Waals surface area contributed by atoms with Crippen LogP contribution in [0.1, 0.15) is 18.4 Å². The normalized spacial score (nSPS) is 18.7. The fraction of sp³-hybridized carbons (Fsp3) is 0.385. The van der Waals surface area contributed by atoms with Crippen molar-refractivity contribution in [1.82, 2.24) is 10.7 Å². The molecule has 2 rings (SSSR count). The molecule has 1 aliphatic heterocycles. The lowest BCUT2D eigenvalue weighted by molar-refractivity contribution is 0.114. The summed E-state index contributed by atoms with van der Waals surface area (Å²) in [4.78, 5) is 0. The number of hydrogen-bond donors (Lipinski definition) is 2. The van der Waals surface area contributed by atoms with E-state index in [1.54, 1.807) is 6.21 Å². The highest BCUT2D eigenvalue weighted by Gasteiger charge is 2.14. The number of ether oxygens (including phenoxy) is 1. The van der Waals surface area contributed by atoms with Crippen LogP contribution in [0.5, 0.6) is 0 Å². The second-order valence-electron chi connectivity index (χ2n) is 4.27. The van der Waals surface area contributed by atoms with Gasteiger partial charge < -0.3 is 10.1 Å². The van der Waals surface area contributed by atoms with Crippen LogP contribution < -0.4 is 10.7 Å². The predicted molar refractivity (Wildman–Crippen MR) is 84.4 cm³/mol. The Balaban J connectivity index is 1.70. The van der Waals surface area contributed by atoms with Crippen LogP contribution in [-0.4, -0.2) is 30.6 Å². The van der Waals surface area contributed by atoms with Gasteiger partial charge in [-0.3, -0.25) is 5.43 Å². The first-order chi connectivity index (χ1) is 9.24. The van der Waals surface area contributed by atoms with Crippen LogP contribution in [0.15, 0.2) is 33.8 Å². The standard InChI is InChI=1S/C13H16BrN3OS/c14-11-4-1-3-10(7-11)8-16-17-13(19)15-9-12-5-2-6-18-12/h1,3-4,7-8,12H,2,5-6,9H2,(H2,15,17,19). The molecule has 6 heteroatoms. The van der Waals surface area contributed by atoms with Crippen LogP contribution >= 0.6 is 28.1 Å². The molecule has 102 valence electrons. The van der Waals surface area contributed by atoms with Gasteiger partial charge in [0.2, 0.25) is 0 Å². The van der Waals surface area contributed by atoms with Gasteiger partial charge in [-0.2, -0.15) is 5.10 Å². The first-order valence-electron chi connectivity index (χ1n) is 6.18. The molecule has 19 heavy (non-hydrogen) atoms. The fourth-order valence-electron chi connectivity index (χ4n) is 1.80. The Kier molecular flexibility index (Phi) is 5.75. The summed E-state index contributed by atoms with van der Waals surface area (Å²) in [5.74, 6) is 0. The van der Waals surface area contributed by atoms with Crippen molar-refractivity contribution in [3.63, 3.8) is 0 Å². The number of hydrazone groups is 1. The van der Waals surface area contributed by atoms with Gasteiger partial charge in [0.25, 0.3) is 0 Å². The summed E-state index contributed by atoms with van der Waals surface area (Å²) in [6.45, 7) is 1.59. The maximum absolute atomic E-state index is 5.50. The molecule has 1 aliphatic rings. The molecule has 0 saturated carbocycles. The molecule has 0 spiro atoms. The van der Waals surface area contributed by atoms with Crippen molar-refractivity contribution in [3.05, 3.63) is 34.3 Å². The van der Waals surface area contributed by atoms with Gasteiger partial charge in [0.1, 0.15) is 0 Å². The molecular formula is C13H16BrN3OS. The summed E-state index contributed by atoms with van der Waals surface area (Å²) >= 11 is 8.54. The first-order valence-corrected chi connectivity index (χ1v) is 7.38. The minimum Gasteiger partial charge on any atom is -0.376 e. The highest BCUT2D eigenvalue weighted by Crippen LogP contribution is 2.10. The summed E-state index contributed by atoms with van der Waals surface area (Å²) in [5, 5.41) is 7.70. The van der Waals surface area contributed by atoms with Crippen molar-refractivity contribution in [2.24, 2.45) is 5.10 Å². The zero-order valence-corrected chi connectivity index (χ0v) is 12.8. The molecule has 1 aromatic rings. The van der Waals surface area contributed by atoms with Crippen molar-refractivity contribution < 1.29 is 4.74 Å². The van der Waals surface area contributed by atoms with Gasteiger partial charge in [-0.1, -0.05) is 28.1 Å². The van der Waals surface area contributed by atoms with E-state index in [0.29, 0.717) is 5.11 Å². The minimum absolute atomic E-state index is 0.272. The Hall–Kier alpha value is -0.980. The summed E-state index contributed by atoms with van der Waals surface area (Å²) in [7, 11) is 0. The van der Waals surface area contributed by atoms with Crippen molar-refractivity contribution in [2.45, 2.75) is 18.9 Å². The number of nitrogens with one attached hydrogen (secondary N) is 2. The molecule has 1 aromatic carbocycles. The Morgan fingerprint density at radius 3 is 3.21 bits per heavy atom. The number of thiocarbonyl (C=S) groups is 1. The monoisotopic (exact) mass is 341 g/mol. The maximum Gasteiger partial charge on any atom is 0.187 e. The van der Waals surface area contributed by atoms with Gasteiger partial charge in [-0.15, -0.1) is 0 Å². The van der Waals surface area contributed by atoms with Crippen LogP contribution in [0, 0.1) is 0 Å². The van der Waals surface area contributed by atoms with E-state index in [0.717, 1.165) is 36.0 Å². The predicted octanol–water partition coefficient (Wildman–Crippen LogP) is 2.43. The number of benzene rings is 1. The third kappa shape index (κ3) is 5.26. The average molecular weight is 342 g/mol. The van der Waals surface area contributed by atoms with E-state index in [1.165, 1.54) is 0 Å². The molecule has 4 nitrogen and oxygen atoms in total. The van der Waals surface area contributed by atoms with E-state index in [9.17, 15) is 0 Å². The van der Waals surface area contributed by atoms with Gasteiger partial charge in [0.05, 0.1) is 12.3 Å². The average Bonchev–Trinajstić information content (AvgIpc) is 2.89. The molecule has 0 radical (unpaired) electrons. The largest absolute Gasteiger partial charge is 0.376 e. The third-order valence-electron chi connectivity index (χ3n) is 2.74. The highest BCUT2D eigenvalue weighted by atomic mass is 79.9. The highest BCUT2D eigenvalue weighted by molar-refractivity contribution is 9.10. The van der Waals surface area contributed by atoms with Gasteiger partial charge in [0.15, 0.2) is 5.11 Å². The van der Waals surface area contributed by atoms with Gasteiger partial charge in [0, 0.05) is 17.6 Å². The van der Waals surface area contributed by atoms with Crippen LogP contribution in [0.25, 0.3) is 0 Å². The molecule has 1 heterocycles. The van der Waals surface area contributed by atoms with E-state index in [2.05, 4.69) is 31.8 Å². The zero-order chi connectivity index (χ0) is 13.5. The van der Waals surface area contributed by atoms with Crippen LogP contribution in [0.2, 0.25) is 0 Å². The Labute approximate surface area is 126 Å². The molecule has 2 N–H and O–H groups in total. The van der Waals surface area contributed by atoms with Crippen molar-refractivity contribution >= 4 is 39.5 Å². The lowest BCUT2D eigenvalue weighted by Crippen LogP contribution is -2.37. The molecule has 1 saturated heterocycles. The van der Waals surface area contributed by atoms with Crippen molar-refractivity contribution in [3.8, 4) is 0 Å². The molecule has 0 amide bonds. The molecule has 0 bridgehead atoms. The second-order valence-corrected chi connectivity index (χ2v) is 5.59. The number of hydrogen-bond acceptors (Lipinski definition) is 3. The van der Waals surface area contributed by atoms with E-state index in [4.69, 9.17) is 17.0 Å². The third-order valence-corrected chi connectivity index (χ3v) is 3.47. The van der Waals surface area contributed by atoms with Crippen LogP contribution in [0.3, 0.4) is 0 Å². The molecular weight excluding hydrogens is 326 g/mol. The fourth-order valence-corrected chi connectivity index (χ4v) is 2.36. The van der Waals surface area contributed by atoms with Crippen molar-refractivity contribution in [1.29, 1.82) is 0 Å². The van der Waals surface area contributed by atoms with Crippen LogP contribution in [0.4, 0.5) is 0 Å². The van der Waals surface area contributed by atoms with E-state index < -0.39 is 0 Å². The van der Waals surface area contributed by atoms with E-state index >= 15 is 0 Å². The summed E-state index contributed by atoms with van der Waals surface area (Å²) in [5.41, 5.74) is 3.80. The molecule has 0 aliphatic carbocycles. The number of rotatable bonds is 4. The SMILES string of the molecule is S=C(NCC1CCCO1)NN=Cc1cccc(Br)c1. The van der Waals surface area contributed by atoms with Crippen molar-refractivity contribution in [2.75, 3.05) is 13.2 Å². The summed E-state index contributed by atoms with van der Waals surface area (Å²) in [6.07, 6.45) is 4.23. The maximum atomic E-state index is 5.50. The second kappa shape index (κ2) is 7.57. The van der Waals surface area contributed by atoms with E-state index in [-0.39, 0.29) is 6.10 Å². The number of nitrogens with zero attached hydrogens (tertiary/aromatic N) is 1. The lowest BCUT2D eigenvalue weighted by Gasteiger charge is -2.11. The minimum atomic E-state index is 0.272. The smallest absolute Gasteiger partial charge is 0.187 e. The molecule has 1 atom stereocenters.